The van der Waals surface area contributed by atoms with Gasteiger partial charge in [-0.25, -0.2) is 0 Å². The van der Waals surface area contributed by atoms with Crippen molar-refractivity contribution in [3.8, 4) is 0 Å². The van der Waals surface area contributed by atoms with Crippen LogP contribution in [0.5, 0.6) is 0 Å². The van der Waals surface area contributed by atoms with Crippen molar-refractivity contribution < 1.29 is 9.62 Å². The third-order valence-corrected chi connectivity index (χ3v) is 3.77. The fourth-order valence-electron chi connectivity index (χ4n) is 3.00. The Labute approximate surface area is 94.5 Å². The summed E-state index contributed by atoms with van der Waals surface area (Å²) in [6.07, 6.45) is 5.97. The maximum absolute atomic E-state index is 8.85. The summed E-state index contributed by atoms with van der Waals surface area (Å²) in [5, 5.41) is 12.2. The SMILES string of the molecule is ON=C1C[C@H]2CC[C@@H](C1)N2Cc1ccco1. The fourth-order valence-corrected chi connectivity index (χ4v) is 3.00. The highest BCUT2D eigenvalue weighted by Gasteiger charge is 2.39. The first-order valence-electron chi connectivity index (χ1n) is 5.85. The molecule has 2 aliphatic rings. The van der Waals surface area contributed by atoms with Crippen LogP contribution in [0.4, 0.5) is 0 Å². The van der Waals surface area contributed by atoms with Crippen LogP contribution in [0.15, 0.2) is 28.0 Å². The number of fused-ring (bicyclic) bond motifs is 2. The van der Waals surface area contributed by atoms with Crippen LogP contribution in [-0.4, -0.2) is 27.9 Å². The molecule has 0 amide bonds. The first-order valence-corrected chi connectivity index (χ1v) is 5.85. The molecule has 0 spiro atoms. The number of furan rings is 1. The van der Waals surface area contributed by atoms with E-state index in [4.69, 9.17) is 9.62 Å². The van der Waals surface area contributed by atoms with Crippen molar-refractivity contribution in [3.63, 3.8) is 0 Å². The Morgan fingerprint density at radius 3 is 2.69 bits per heavy atom. The van der Waals surface area contributed by atoms with E-state index in [1.165, 1.54) is 12.8 Å². The molecule has 3 rings (SSSR count). The average Bonchev–Trinajstić information content (AvgIpc) is 2.87. The quantitative estimate of drug-likeness (QED) is 0.614. The lowest BCUT2D eigenvalue weighted by Crippen LogP contribution is -2.42. The van der Waals surface area contributed by atoms with Crippen LogP contribution in [-0.2, 0) is 6.54 Å². The molecule has 2 bridgehead atoms. The minimum atomic E-state index is 0.537. The topological polar surface area (TPSA) is 49.0 Å². The number of hydrogen-bond acceptors (Lipinski definition) is 4. The molecule has 2 atom stereocenters. The molecule has 16 heavy (non-hydrogen) atoms. The molecule has 0 unspecified atom stereocenters. The second kappa shape index (κ2) is 3.94. The van der Waals surface area contributed by atoms with Crippen molar-refractivity contribution in [3.05, 3.63) is 24.2 Å². The molecule has 4 nitrogen and oxygen atoms in total. The van der Waals surface area contributed by atoms with Gasteiger partial charge in [0, 0.05) is 24.9 Å². The summed E-state index contributed by atoms with van der Waals surface area (Å²) >= 11 is 0. The number of nitrogens with zero attached hydrogens (tertiary/aromatic N) is 2. The van der Waals surface area contributed by atoms with Crippen LogP contribution in [0.25, 0.3) is 0 Å². The molecule has 3 heterocycles. The van der Waals surface area contributed by atoms with Crippen LogP contribution in [0.1, 0.15) is 31.4 Å². The van der Waals surface area contributed by atoms with Gasteiger partial charge in [0.05, 0.1) is 18.5 Å². The predicted octanol–water partition coefficient (Wildman–Crippen LogP) is 2.24. The van der Waals surface area contributed by atoms with Crippen LogP contribution in [0, 0.1) is 0 Å². The van der Waals surface area contributed by atoms with Gasteiger partial charge >= 0.3 is 0 Å². The molecule has 4 heteroatoms. The Morgan fingerprint density at radius 1 is 1.38 bits per heavy atom. The molecule has 86 valence electrons. The van der Waals surface area contributed by atoms with Crippen molar-refractivity contribution in [1.29, 1.82) is 0 Å². The van der Waals surface area contributed by atoms with Gasteiger partial charge in [0.2, 0.25) is 0 Å². The molecule has 1 aromatic heterocycles. The van der Waals surface area contributed by atoms with E-state index in [2.05, 4.69) is 10.1 Å². The van der Waals surface area contributed by atoms with Crippen molar-refractivity contribution in [1.82, 2.24) is 4.90 Å². The summed E-state index contributed by atoms with van der Waals surface area (Å²) in [5.74, 6) is 1.03. The maximum Gasteiger partial charge on any atom is 0.117 e. The number of piperidine rings is 1. The first-order chi connectivity index (χ1) is 7.86. The van der Waals surface area contributed by atoms with Crippen LogP contribution < -0.4 is 0 Å². The molecular weight excluding hydrogens is 204 g/mol. The van der Waals surface area contributed by atoms with Crippen molar-refractivity contribution >= 4 is 5.71 Å². The van der Waals surface area contributed by atoms with E-state index in [-0.39, 0.29) is 0 Å². The molecule has 2 aliphatic heterocycles. The van der Waals surface area contributed by atoms with Gasteiger partial charge in [0.15, 0.2) is 0 Å². The van der Waals surface area contributed by atoms with E-state index in [1.807, 2.05) is 12.1 Å². The minimum absolute atomic E-state index is 0.537. The fraction of sp³-hybridized carbons (Fsp3) is 0.583. The van der Waals surface area contributed by atoms with E-state index >= 15 is 0 Å². The van der Waals surface area contributed by atoms with Crippen LogP contribution in [0.2, 0.25) is 0 Å². The second-order valence-electron chi connectivity index (χ2n) is 4.71. The van der Waals surface area contributed by atoms with E-state index in [0.29, 0.717) is 12.1 Å². The highest BCUT2D eigenvalue weighted by molar-refractivity contribution is 5.86. The number of oxime groups is 1. The Bertz CT molecular complexity index is 370. The molecule has 2 fully saturated rings. The lowest BCUT2D eigenvalue weighted by molar-refractivity contribution is 0.158. The highest BCUT2D eigenvalue weighted by Crippen LogP contribution is 2.35. The smallest absolute Gasteiger partial charge is 0.117 e. The summed E-state index contributed by atoms with van der Waals surface area (Å²) in [7, 11) is 0. The Hall–Kier alpha value is -1.29. The van der Waals surface area contributed by atoms with Crippen molar-refractivity contribution in [2.24, 2.45) is 5.16 Å². The minimum Gasteiger partial charge on any atom is -0.468 e. The Kier molecular flexibility index (Phi) is 2.44. The van der Waals surface area contributed by atoms with Crippen LogP contribution >= 0.6 is 0 Å². The Balaban J connectivity index is 1.74. The van der Waals surface area contributed by atoms with Gasteiger partial charge in [0.1, 0.15) is 5.76 Å². The normalized spacial score (nSPS) is 32.4. The summed E-state index contributed by atoms with van der Waals surface area (Å²) in [4.78, 5) is 2.49. The van der Waals surface area contributed by atoms with E-state index < -0.39 is 0 Å². The van der Waals surface area contributed by atoms with Gasteiger partial charge in [-0.15, -0.1) is 0 Å². The number of hydrogen-bond donors (Lipinski definition) is 1. The summed E-state index contributed by atoms with van der Waals surface area (Å²) in [6.45, 7) is 0.890. The second-order valence-corrected chi connectivity index (χ2v) is 4.71. The monoisotopic (exact) mass is 220 g/mol. The predicted molar refractivity (Wildman–Crippen MR) is 59.5 cm³/mol. The van der Waals surface area contributed by atoms with Crippen molar-refractivity contribution in [2.75, 3.05) is 0 Å². The van der Waals surface area contributed by atoms with Crippen molar-refractivity contribution in [2.45, 2.75) is 44.3 Å². The molecule has 0 aliphatic carbocycles. The maximum atomic E-state index is 8.85. The molecule has 2 saturated heterocycles. The molecule has 0 aromatic carbocycles. The standard InChI is InChI=1S/C12H16N2O2/c15-13-9-6-10-3-4-11(7-9)14(10)8-12-2-1-5-16-12/h1-2,5,10-11,15H,3-4,6-8H2/t10-,11+. The molecular formula is C12H16N2O2. The third-order valence-electron chi connectivity index (χ3n) is 3.77. The molecule has 0 radical (unpaired) electrons. The first kappa shape index (κ1) is 9.90. The zero-order chi connectivity index (χ0) is 11.0. The van der Waals surface area contributed by atoms with Gasteiger partial charge in [-0.2, -0.15) is 0 Å². The lowest BCUT2D eigenvalue weighted by Gasteiger charge is -2.34. The molecule has 0 saturated carbocycles. The van der Waals surface area contributed by atoms with Gasteiger partial charge in [-0.05, 0) is 25.0 Å². The zero-order valence-electron chi connectivity index (χ0n) is 9.17. The zero-order valence-corrected chi connectivity index (χ0v) is 9.17. The van der Waals surface area contributed by atoms with Gasteiger partial charge in [0.25, 0.3) is 0 Å². The Morgan fingerprint density at radius 2 is 2.12 bits per heavy atom. The van der Waals surface area contributed by atoms with Gasteiger partial charge < -0.3 is 9.62 Å². The summed E-state index contributed by atoms with van der Waals surface area (Å²) in [6, 6.07) is 5.03. The van der Waals surface area contributed by atoms with E-state index in [9.17, 15) is 0 Å². The van der Waals surface area contributed by atoms with Crippen LogP contribution in [0.3, 0.4) is 0 Å². The molecule has 1 N–H and O–H groups in total. The lowest BCUT2D eigenvalue weighted by atomic mass is 10.0. The number of rotatable bonds is 2. The molecule has 1 aromatic rings. The largest absolute Gasteiger partial charge is 0.468 e. The highest BCUT2D eigenvalue weighted by atomic mass is 16.4. The van der Waals surface area contributed by atoms with E-state index in [0.717, 1.165) is 30.9 Å². The summed E-state index contributed by atoms with van der Waals surface area (Å²) < 4.78 is 5.39. The summed E-state index contributed by atoms with van der Waals surface area (Å²) in [5.41, 5.74) is 0.961. The van der Waals surface area contributed by atoms with E-state index in [1.54, 1.807) is 6.26 Å². The van der Waals surface area contributed by atoms with Gasteiger partial charge in [-0.3, -0.25) is 4.90 Å². The third kappa shape index (κ3) is 1.63. The average molecular weight is 220 g/mol. The van der Waals surface area contributed by atoms with Gasteiger partial charge in [-0.1, -0.05) is 5.16 Å².